The number of carbonyl (C=O) groups is 2. The van der Waals surface area contributed by atoms with Gasteiger partial charge in [0, 0.05) is 12.1 Å². The lowest BCUT2D eigenvalue weighted by Crippen LogP contribution is -2.52. The first-order valence-electron chi connectivity index (χ1n) is 7.66. The van der Waals surface area contributed by atoms with E-state index in [4.69, 9.17) is 5.11 Å². The first-order valence-corrected chi connectivity index (χ1v) is 7.66. The van der Waals surface area contributed by atoms with Crippen LogP contribution in [0.5, 0.6) is 0 Å². The van der Waals surface area contributed by atoms with Crippen molar-refractivity contribution in [3.8, 4) is 0 Å². The van der Waals surface area contributed by atoms with Gasteiger partial charge in [0.15, 0.2) is 0 Å². The van der Waals surface area contributed by atoms with Crippen molar-refractivity contribution >= 4 is 12.0 Å². The van der Waals surface area contributed by atoms with Gasteiger partial charge in [0.05, 0.1) is 0 Å². The maximum absolute atomic E-state index is 12.2. The third-order valence-electron chi connectivity index (χ3n) is 4.02. The minimum atomic E-state index is -0.990. The summed E-state index contributed by atoms with van der Waals surface area (Å²) in [5.74, 6) is -0.334. The molecule has 0 aromatic carbocycles. The molecule has 0 atom stereocenters. The summed E-state index contributed by atoms with van der Waals surface area (Å²) in [5.41, 5.74) is -0.504. The Labute approximate surface area is 127 Å². The van der Waals surface area contributed by atoms with Gasteiger partial charge in [0.2, 0.25) is 0 Å². The molecule has 2 N–H and O–H groups in total. The second kappa shape index (κ2) is 7.64. The van der Waals surface area contributed by atoms with Crippen LogP contribution < -0.4 is 5.32 Å². The van der Waals surface area contributed by atoms with Crippen LogP contribution in [0.3, 0.4) is 0 Å². The van der Waals surface area contributed by atoms with Crippen molar-refractivity contribution in [1.82, 2.24) is 15.1 Å². The normalized spacial score (nSPS) is 17.5. The highest BCUT2D eigenvalue weighted by Crippen LogP contribution is 2.19. The van der Waals surface area contributed by atoms with E-state index in [2.05, 4.69) is 17.3 Å². The number of amides is 2. The minimum Gasteiger partial charge on any atom is -0.480 e. The van der Waals surface area contributed by atoms with Gasteiger partial charge in [-0.1, -0.05) is 0 Å². The molecule has 1 aliphatic rings. The van der Waals surface area contributed by atoms with Crippen molar-refractivity contribution in [3.63, 3.8) is 0 Å². The van der Waals surface area contributed by atoms with E-state index in [1.807, 2.05) is 20.8 Å². The largest absolute Gasteiger partial charge is 0.480 e. The Kier molecular flexibility index (Phi) is 6.45. The molecule has 0 bridgehead atoms. The molecule has 21 heavy (non-hydrogen) atoms. The standard InChI is InChI=1S/C15H29N3O3/c1-15(2,3)18(11-13(19)20)14(21)16-8-5-12-6-9-17(4)10-7-12/h12H,5-11H2,1-4H3,(H,16,21)(H,19,20). The monoisotopic (exact) mass is 299 g/mol. The van der Waals surface area contributed by atoms with Crippen molar-refractivity contribution in [3.05, 3.63) is 0 Å². The summed E-state index contributed by atoms with van der Waals surface area (Å²) >= 11 is 0. The van der Waals surface area contributed by atoms with E-state index in [1.54, 1.807) is 0 Å². The van der Waals surface area contributed by atoms with Crippen LogP contribution in [0.4, 0.5) is 4.79 Å². The molecule has 0 aromatic rings. The molecule has 0 aromatic heterocycles. The van der Waals surface area contributed by atoms with Crippen molar-refractivity contribution in [2.24, 2.45) is 5.92 Å². The molecule has 0 radical (unpaired) electrons. The van der Waals surface area contributed by atoms with Gasteiger partial charge >= 0.3 is 12.0 Å². The lowest BCUT2D eigenvalue weighted by molar-refractivity contribution is -0.138. The SMILES string of the molecule is CN1CCC(CCNC(=O)N(CC(=O)O)C(C)(C)C)CC1. The van der Waals surface area contributed by atoms with Crippen LogP contribution in [0.2, 0.25) is 0 Å². The summed E-state index contributed by atoms with van der Waals surface area (Å²) < 4.78 is 0. The molecule has 0 aliphatic carbocycles. The van der Waals surface area contributed by atoms with Crippen LogP contribution in [-0.4, -0.2) is 65.7 Å². The third kappa shape index (κ3) is 6.33. The lowest BCUT2D eigenvalue weighted by Gasteiger charge is -2.34. The predicted octanol–water partition coefficient (Wildman–Crippen LogP) is 1.61. The molecular weight excluding hydrogens is 270 g/mol. The van der Waals surface area contributed by atoms with Gasteiger partial charge < -0.3 is 20.2 Å². The predicted molar refractivity (Wildman–Crippen MR) is 82.3 cm³/mol. The number of rotatable bonds is 5. The molecule has 0 unspecified atom stereocenters. The molecule has 2 amide bonds. The maximum atomic E-state index is 12.2. The highest BCUT2D eigenvalue weighted by Gasteiger charge is 2.28. The quantitative estimate of drug-likeness (QED) is 0.809. The zero-order valence-electron chi connectivity index (χ0n) is 13.7. The molecule has 0 saturated carbocycles. The van der Waals surface area contributed by atoms with E-state index >= 15 is 0 Å². The first-order chi connectivity index (χ1) is 9.70. The number of carboxylic acid groups (broad SMARTS) is 1. The fourth-order valence-electron chi connectivity index (χ4n) is 2.58. The van der Waals surface area contributed by atoms with E-state index in [-0.39, 0.29) is 12.6 Å². The average Bonchev–Trinajstić information content (AvgIpc) is 2.36. The van der Waals surface area contributed by atoms with Crippen LogP contribution in [0.25, 0.3) is 0 Å². The Balaban J connectivity index is 2.38. The Morgan fingerprint density at radius 2 is 1.86 bits per heavy atom. The minimum absolute atomic E-state index is 0.274. The number of carboxylic acids is 1. The van der Waals surface area contributed by atoms with Gasteiger partial charge in [-0.05, 0) is 66.1 Å². The summed E-state index contributed by atoms with van der Waals surface area (Å²) in [6, 6.07) is -0.294. The van der Waals surface area contributed by atoms with E-state index < -0.39 is 11.5 Å². The Morgan fingerprint density at radius 1 is 1.29 bits per heavy atom. The lowest BCUT2D eigenvalue weighted by atomic mass is 9.94. The number of likely N-dealkylation sites (tertiary alicyclic amines) is 1. The molecule has 1 rings (SSSR count). The fourth-order valence-corrected chi connectivity index (χ4v) is 2.58. The van der Waals surface area contributed by atoms with E-state index in [9.17, 15) is 9.59 Å². The van der Waals surface area contributed by atoms with E-state index in [0.29, 0.717) is 12.5 Å². The maximum Gasteiger partial charge on any atom is 0.323 e. The van der Waals surface area contributed by atoms with E-state index in [0.717, 1.165) is 19.5 Å². The van der Waals surface area contributed by atoms with E-state index in [1.165, 1.54) is 17.7 Å². The topological polar surface area (TPSA) is 72.9 Å². The second-order valence-electron chi connectivity index (χ2n) is 6.92. The molecular formula is C15H29N3O3. The second-order valence-corrected chi connectivity index (χ2v) is 6.92. The number of piperidine rings is 1. The molecule has 1 fully saturated rings. The number of carbonyl (C=O) groups excluding carboxylic acids is 1. The summed E-state index contributed by atoms with van der Waals surface area (Å²) in [5, 5.41) is 11.8. The van der Waals surface area contributed by atoms with Crippen molar-refractivity contribution < 1.29 is 14.7 Å². The summed E-state index contributed by atoms with van der Waals surface area (Å²) in [7, 11) is 2.13. The van der Waals surface area contributed by atoms with Crippen LogP contribution in [-0.2, 0) is 4.79 Å². The van der Waals surface area contributed by atoms with Gasteiger partial charge in [-0.15, -0.1) is 0 Å². The zero-order valence-corrected chi connectivity index (χ0v) is 13.7. The molecule has 6 nitrogen and oxygen atoms in total. The van der Waals surface area contributed by atoms with Gasteiger partial charge in [-0.3, -0.25) is 4.79 Å². The number of hydrogen-bond acceptors (Lipinski definition) is 3. The smallest absolute Gasteiger partial charge is 0.323 e. The summed E-state index contributed by atoms with van der Waals surface area (Å²) in [6.07, 6.45) is 3.31. The average molecular weight is 299 g/mol. The van der Waals surface area contributed by atoms with Crippen LogP contribution in [0.15, 0.2) is 0 Å². The summed E-state index contributed by atoms with van der Waals surface area (Å²) in [4.78, 5) is 26.7. The number of nitrogens with zero attached hydrogens (tertiary/aromatic N) is 2. The zero-order chi connectivity index (χ0) is 16.0. The Bertz CT molecular complexity index is 358. The molecule has 1 heterocycles. The van der Waals surface area contributed by atoms with Crippen molar-refractivity contribution in [2.45, 2.75) is 45.6 Å². The van der Waals surface area contributed by atoms with Crippen LogP contribution >= 0.6 is 0 Å². The van der Waals surface area contributed by atoms with Gasteiger partial charge in [-0.25, -0.2) is 4.79 Å². The first kappa shape index (κ1) is 17.8. The number of hydrogen-bond donors (Lipinski definition) is 2. The fraction of sp³-hybridized carbons (Fsp3) is 0.867. The third-order valence-corrected chi connectivity index (χ3v) is 4.02. The highest BCUT2D eigenvalue weighted by atomic mass is 16.4. The Morgan fingerprint density at radius 3 is 2.33 bits per heavy atom. The van der Waals surface area contributed by atoms with Gasteiger partial charge in [0.1, 0.15) is 6.54 Å². The highest BCUT2D eigenvalue weighted by molar-refractivity contribution is 5.80. The number of nitrogens with one attached hydrogen (secondary N) is 1. The Hall–Kier alpha value is -1.30. The van der Waals surface area contributed by atoms with Crippen molar-refractivity contribution in [2.75, 3.05) is 33.2 Å². The van der Waals surface area contributed by atoms with Gasteiger partial charge in [-0.2, -0.15) is 0 Å². The van der Waals surface area contributed by atoms with Gasteiger partial charge in [0.25, 0.3) is 0 Å². The number of urea groups is 1. The molecule has 1 saturated heterocycles. The summed E-state index contributed by atoms with van der Waals surface area (Å²) in [6.45, 7) is 8.09. The van der Waals surface area contributed by atoms with Crippen LogP contribution in [0, 0.1) is 5.92 Å². The van der Waals surface area contributed by atoms with Crippen molar-refractivity contribution in [1.29, 1.82) is 0 Å². The van der Waals surface area contributed by atoms with Crippen LogP contribution in [0.1, 0.15) is 40.0 Å². The molecule has 122 valence electrons. The molecule has 0 spiro atoms. The number of aliphatic carboxylic acids is 1. The molecule has 1 aliphatic heterocycles. The molecule has 6 heteroatoms.